The maximum atomic E-state index is 15.0. The van der Waals surface area contributed by atoms with Gasteiger partial charge in [-0.3, -0.25) is 14.6 Å². The Labute approximate surface area is 200 Å². The highest BCUT2D eigenvalue weighted by molar-refractivity contribution is 7.81. The molecule has 2 saturated heterocycles. The number of nitriles is 1. The molecule has 178 valence electrons. The molecule has 0 N–H and O–H groups in total. The Morgan fingerprint density at radius 1 is 1.09 bits per heavy atom. The highest BCUT2D eigenvalue weighted by atomic mass is 32.1. The lowest BCUT2D eigenvalue weighted by Gasteiger charge is -2.29. The van der Waals surface area contributed by atoms with Crippen LogP contribution in [0.25, 0.3) is 0 Å². The number of nitrogens with zero attached hydrogens (tertiary/aromatic N) is 4. The largest absolute Gasteiger partial charge is 0.417 e. The number of anilines is 2. The number of likely N-dealkylation sites (tertiary alicyclic amines) is 1. The van der Waals surface area contributed by atoms with Gasteiger partial charge in [-0.2, -0.15) is 18.4 Å². The molecular formula is C24H22F4N4OS. The molecule has 0 bridgehead atoms. The van der Waals surface area contributed by atoms with E-state index >= 15 is 0 Å². The smallest absolute Gasteiger partial charge is 0.303 e. The van der Waals surface area contributed by atoms with Crippen molar-refractivity contribution < 1.29 is 22.4 Å². The van der Waals surface area contributed by atoms with Crippen LogP contribution in [0.3, 0.4) is 0 Å². The quantitative estimate of drug-likeness (QED) is 0.434. The molecule has 0 aromatic heterocycles. The number of thiocarbonyl (C=S) groups is 1. The Bertz CT molecular complexity index is 1200. The molecular weight excluding hydrogens is 468 g/mol. The molecule has 0 unspecified atom stereocenters. The summed E-state index contributed by atoms with van der Waals surface area (Å²) in [6.45, 7) is 5.46. The molecule has 4 rings (SSSR count). The van der Waals surface area contributed by atoms with E-state index < -0.39 is 34.6 Å². The molecule has 0 radical (unpaired) electrons. The Hall–Kier alpha value is -3.03. The van der Waals surface area contributed by atoms with Gasteiger partial charge in [0.2, 0.25) is 0 Å². The van der Waals surface area contributed by atoms with Gasteiger partial charge in [-0.25, -0.2) is 4.39 Å². The van der Waals surface area contributed by atoms with E-state index in [0.717, 1.165) is 43.0 Å². The van der Waals surface area contributed by atoms with Crippen LogP contribution in [0.1, 0.15) is 43.4 Å². The molecule has 2 aromatic rings. The summed E-state index contributed by atoms with van der Waals surface area (Å²) in [6.07, 6.45) is -2.62. The van der Waals surface area contributed by atoms with Gasteiger partial charge in [-0.05, 0) is 82.3 Å². The number of alkyl halides is 3. The second-order valence-corrected chi connectivity index (χ2v) is 9.28. The number of carbonyl (C=O) groups excluding carboxylic acids is 1. The third kappa shape index (κ3) is 4.14. The van der Waals surface area contributed by atoms with Crippen LogP contribution < -0.4 is 9.80 Å². The van der Waals surface area contributed by atoms with E-state index in [-0.39, 0.29) is 10.8 Å². The summed E-state index contributed by atoms with van der Waals surface area (Å²) < 4.78 is 55.4. The van der Waals surface area contributed by atoms with Crippen molar-refractivity contribution in [3.05, 3.63) is 58.9 Å². The average molecular weight is 491 g/mol. The van der Waals surface area contributed by atoms with Crippen molar-refractivity contribution in [2.45, 2.75) is 44.9 Å². The summed E-state index contributed by atoms with van der Waals surface area (Å²) in [6, 6.07) is 9.13. The molecule has 10 heteroatoms. The van der Waals surface area contributed by atoms with Gasteiger partial charge in [-0.15, -0.1) is 0 Å². The fourth-order valence-corrected chi connectivity index (χ4v) is 4.97. The molecule has 2 heterocycles. The molecule has 0 atom stereocenters. The summed E-state index contributed by atoms with van der Waals surface area (Å²) in [5, 5.41) is 8.98. The van der Waals surface area contributed by atoms with Crippen molar-refractivity contribution in [1.29, 1.82) is 5.26 Å². The maximum absolute atomic E-state index is 15.0. The standard InChI is InChI=1S/C24H22F4N4OS/c1-23(2)21(33)31(17-7-5-15(13-29)19(11-17)24(26,27)28)22(34)32(23)18-8-6-16(20(25)12-18)14-30-9-3-4-10-30/h5-8,11-12H,3-4,9-10,14H2,1-2H3. The number of benzene rings is 2. The summed E-state index contributed by atoms with van der Waals surface area (Å²) in [5.74, 6) is -0.997. The Morgan fingerprint density at radius 3 is 2.32 bits per heavy atom. The minimum absolute atomic E-state index is 0.0699. The third-order valence-electron chi connectivity index (χ3n) is 6.24. The van der Waals surface area contributed by atoms with Gasteiger partial charge in [0, 0.05) is 17.8 Å². The van der Waals surface area contributed by atoms with Crippen molar-refractivity contribution in [3.63, 3.8) is 0 Å². The van der Waals surface area contributed by atoms with Crippen LogP contribution in [0.4, 0.5) is 28.9 Å². The first kappa shape index (κ1) is 24.1. The van der Waals surface area contributed by atoms with Crippen molar-refractivity contribution in [2.24, 2.45) is 0 Å². The summed E-state index contributed by atoms with van der Waals surface area (Å²) in [5.41, 5.74) is -2.23. The zero-order valence-electron chi connectivity index (χ0n) is 18.6. The number of rotatable bonds is 4. The van der Waals surface area contributed by atoms with Gasteiger partial charge in [0.05, 0.1) is 22.9 Å². The van der Waals surface area contributed by atoms with Crippen molar-refractivity contribution in [3.8, 4) is 6.07 Å². The van der Waals surface area contributed by atoms with Crippen LogP contribution in [0.5, 0.6) is 0 Å². The van der Waals surface area contributed by atoms with Crippen LogP contribution in [0, 0.1) is 17.1 Å². The van der Waals surface area contributed by atoms with Crippen LogP contribution in [-0.2, 0) is 17.5 Å². The van der Waals surface area contributed by atoms with Crippen molar-refractivity contribution in [2.75, 3.05) is 22.9 Å². The van der Waals surface area contributed by atoms with Gasteiger partial charge in [0.15, 0.2) is 5.11 Å². The lowest BCUT2D eigenvalue weighted by molar-refractivity contribution is -0.137. The first-order valence-corrected chi connectivity index (χ1v) is 11.2. The first-order valence-electron chi connectivity index (χ1n) is 10.8. The minimum Gasteiger partial charge on any atom is -0.303 e. The van der Waals surface area contributed by atoms with E-state index in [9.17, 15) is 22.4 Å². The van der Waals surface area contributed by atoms with E-state index in [1.807, 2.05) is 0 Å². The number of hydrogen-bond acceptors (Lipinski definition) is 4. The predicted molar refractivity (Wildman–Crippen MR) is 124 cm³/mol. The topological polar surface area (TPSA) is 50.6 Å². The number of amides is 1. The first-order chi connectivity index (χ1) is 15.9. The molecule has 1 amide bonds. The van der Waals surface area contributed by atoms with E-state index in [4.69, 9.17) is 17.5 Å². The zero-order chi connectivity index (χ0) is 24.8. The monoisotopic (exact) mass is 490 g/mol. The highest BCUT2D eigenvalue weighted by Crippen LogP contribution is 2.40. The fourth-order valence-electron chi connectivity index (χ4n) is 4.44. The SMILES string of the molecule is CC1(C)C(=O)N(c2ccc(C#N)c(C(F)(F)F)c2)C(=S)N1c1ccc(CN2CCCC2)c(F)c1. The molecule has 5 nitrogen and oxygen atoms in total. The predicted octanol–water partition coefficient (Wildman–Crippen LogP) is 5.23. The zero-order valence-corrected chi connectivity index (χ0v) is 19.4. The summed E-state index contributed by atoms with van der Waals surface area (Å²) in [4.78, 5) is 17.9. The van der Waals surface area contributed by atoms with Gasteiger partial charge in [0.25, 0.3) is 5.91 Å². The van der Waals surface area contributed by atoms with E-state index in [1.54, 1.807) is 26.0 Å². The number of carbonyl (C=O) groups is 1. The van der Waals surface area contributed by atoms with E-state index in [0.29, 0.717) is 17.8 Å². The molecule has 2 aliphatic rings. The molecule has 0 aliphatic carbocycles. The van der Waals surface area contributed by atoms with Crippen LogP contribution in [-0.4, -0.2) is 34.5 Å². The molecule has 0 spiro atoms. The van der Waals surface area contributed by atoms with Gasteiger partial charge in [0.1, 0.15) is 11.4 Å². The fraction of sp³-hybridized carbons (Fsp3) is 0.375. The minimum atomic E-state index is -4.78. The Morgan fingerprint density at radius 2 is 1.74 bits per heavy atom. The molecule has 2 aromatic carbocycles. The molecule has 2 aliphatic heterocycles. The highest BCUT2D eigenvalue weighted by Gasteiger charge is 2.50. The lowest BCUT2D eigenvalue weighted by atomic mass is 10.0. The van der Waals surface area contributed by atoms with E-state index in [1.165, 1.54) is 23.1 Å². The maximum Gasteiger partial charge on any atom is 0.417 e. The van der Waals surface area contributed by atoms with Gasteiger partial charge < -0.3 is 4.90 Å². The molecule has 0 saturated carbocycles. The summed E-state index contributed by atoms with van der Waals surface area (Å²) >= 11 is 5.50. The normalized spacial score (nSPS) is 18.6. The average Bonchev–Trinajstić information content (AvgIpc) is 3.33. The van der Waals surface area contributed by atoms with E-state index in [2.05, 4.69) is 4.90 Å². The Kier molecular flexibility index (Phi) is 6.12. The number of halogens is 4. The van der Waals surface area contributed by atoms with Crippen molar-refractivity contribution >= 4 is 34.6 Å². The van der Waals surface area contributed by atoms with Gasteiger partial charge in [-0.1, -0.05) is 6.07 Å². The van der Waals surface area contributed by atoms with Crippen LogP contribution >= 0.6 is 12.2 Å². The second-order valence-electron chi connectivity index (χ2n) is 8.92. The third-order valence-corrected chi connectivity index (χ3v) is 6.61. The van der Waals surface area contributed by atoms with Gasteiger partial charge >= 0.3 is 6.18 Å². The summed E-state index contributed by atoms with van der Waals surface area (Å²) in [7, 11) is 0. The Balaban J connectivity index is 1.69. The number of hydrogen-bond donors (Lipinski definition) is 0. The lowest BCUT2D eigenvalue weighted by Crippen LogP contribution is -2.44. The van der Waals surface area contributed by atoms with Crippen molar-refractivity contribution in [1.82, 2.24) is 4.90 Å². The van der Waals surface area contributed by atoms with Crippen LogP contribution in [0.15, 0.2) is 36.4 Å². The second kappa shape index (κ2) is 8.64. The van der Waals surface area contributed by atoms with Crippen LogP contribution in [0.2, 0.25) is 0 Å². The molecule has 2 fully saturated rings. The molecule has 34 heavy (non-hydrogen) atoms.